The van der Waals surface area contributed by atoms with Crippen LogP contribution in [-0.4, -0.2) is 10.1 Å². The molecule has 16 heavy (non-hydrogen) atoms. The molecule has 2 aromatic rings. The van der Waals surface area contributed by atoms with Crippen molar-refractivity contribution >= 4 is 38.4 Å². The molecular formula is C10H5BrClNO3. The lowest BCUT2D eigenvalue weighted by atomic mass is 10.2. The first-order valence-electron chi connectivity index (χ1n) is 4.25. The van der Waals surface area contributed by atoms with Crippen molar-refractivity contribution in [2.24, 2.45) is 0 Å². The SMILES string of the molecule is O=c1[nH]c2cc(Cl)ccc2c(=O)c(Br)c1O. The van der Waals surface area contributed by atoms with Gasteiger partial charge in [-0.2, -0.15) is 0 Å². The standard InChI is InChI=1S/C10H5BrClNO3/c11-7-8(14)5-2-1-4(12)3-6(5)13-10(16)9(7)15/h1-3,15H,(H,13,16). The Bertz CT molecular complexity index is 696. The molecule has 4 nitrogen and oxygen atoms in total. The molecule has 0 aliphatic heterocycles. The van der Waals surface area contributed by atoms with Crippen LogP contribution in [0.25, 0.3) is 10.9 Å². The number of H-pyrrole nitrogens is 1. The van der Waals surface area contributed by atoms with E-state index in [2.05, 4.69) is 20.9 Å². The Hall–Kier alpha value is -1.33. The molecule has 1 aromatic carbocycles. The van der Waals surface area contributed by atoms with Crippen LogP contribution in [0.2, 0.25) is 5.02 Å². The van der Waals surface area contributed by atoms with Crippen LogP contribution >= 0.6 is 27.5 Å². The van der Waals surface area contributed by atoms with Crippen molar-refractivity contribution in [1.29, 1.82) is 0 Å². The number of nitrogens with one attached hydrogen (secondary N) is 1. The van der Waals surface area contributed by atoms with Gasteiger partial charge in [-0.1, -0.05) is 11.6 Å². The lowest BCUT2D eigenvalue weighted by Gasteiger charge is -1.91. The van der Waals surface area contributed by atoms with Gasteiger partial charge in [0, 0.05) is 10.4 Å². The molecule has 0 fully saturated rings. The van der Waals surface area contributed by atoms with Gasteiger partial charge < -0.3 is 10.1 Å². The first kappa shape index (κ1) is 11.2. The van der Waals surface area contributed by atoms with Gasteiger partial charge in [-0.05, 0) is 34.1 Å². The minimum absolute atomic E-state index is 0.161. The minimum atomic E-state index is -0.749. The lowest BCUT2D eigenvalue weighted by molar-refractivity contribution is 0.464. The molecular weight excluding hydrogens is 297 g/mol. The Morgan fingerprint density at radius 3 is 2.69 bits per heavy atom. The van der Waals surface area contributed by atoms with E-state index in [-0.39, 0.29) is 15.4 Å². The average molecular weight is 303 g/mol. The summed E-state index contributed by atoms with van der Waals surface area (Å²) < 4.78 is -0.161. The Labute approximate surface area is 103 Å². The van der Waals surface area contributed by atoms with Gasteiger partial charge in [0.2, 0.25) is 5.43 Å². The summed E-state index contributed by atoms with van der Waals surface area (Å²) in [5, 5.41) is 10.1. The van der Waals surface area contributed by atoms with Gasteiger partial charge in [-0.25, -0.2) is 0 Å². The van der Waals surface area contributed by atoms with E-state index in [0.29, 0.717) is 5.02 Å². The number of aromatic hydroxyl groups is 1. The molecule has 2 N–H and O–H groups in total. The van der Waals surface area contributed by atoms with E-state index in [4.69, 9.17) is 11.6 Å². The van der Waals surface area contributed by atoms with Gasteiger partial charge in [0.05, 0.1) is 5.52 Å². The zero-order valence-electron chi connectivity index (χ0n) is 7.75. The maximum Gasteiger partial charge on any atom is 0.291 e. The summed E-state index contributed by atoms with van der Waals surface area (Å²) in [6.45, 7) is 0. The maximum atomic E-state index is 11.8. The summed E-state index contributed by atoms with van der Waals surface area (Å²) in [6.07, 6.45) is 0. The van der Waals surface area contributed by atoms with E-state index in [0.717, 1.165) is 0 Å². The molecule has 0 amide bonds. The van der Waals surface area contributed by atoms with Gasteiger partial charge >= 0.3 is 0 Å². The third-order valence-corrected chi connectivity index (χ3v) is 3.07. The number of aromatic nitrogens is 1. The third kappa shape index (κ3) is 1.72. The normalized spacial score (nSPS) is 10.6. The number of fused-ring (bicyclic) bond motifs is 1. The predicted octanol–water partition coefficient (Wildman–Crippen LogP) is 2.01. The van der Waals surface area contributed by atoms with Gasteiger partial charge in [0.25, 0.3) is 5.56 Å². The van der Waals surface area contributed by atoms with Crippen LogP contribution in [0.5, 0.6) is 5.75 Å². The molecule has 82 valence electrons. The summed E-state index contributed by atoms with van der Waals surface area (Å²) in [7, 11) is 0. The molecule has 2 rings (SSSR count). The first-order valence-corrected chi connectivity index (χ1v) is 5.42. The van der Waals surface area contributed by atoms with Gasteiger partial charge in [0.15, 0.2) is 5.75 Å². The van der Waals surface area contributed by atoms with Crippen molar-refractivity contribution in [3.63, 3.8) is 0 Å². The van der Waals surface area contributed by atoms with Crippen LogP contribution < -0.4 is 11.0 Å². The van der Waals surface area contributed by atoms with Gasteiger partial charge in [-0.3, -0.25) is 9.59 Å². The van der Waals surface area contributed by atoms with Crippen LogP contribution in [0.15, 0.2) is 32.3 Å². The van der Waals surface area contributed by atoms with Crippen molar-refractivity contribution in [3.05, 3.63) is 48.3 Å². The molecule has 1 heterocycles. The number of benzene rings is 1. The van der Waals surface area contributed by atoms with Gasteiger partial charge in [-0.15, -0.1) is 0 Å². The zero-order chi connectivity index (χ0) is 11.9. The summed E-state index contributed by atoms with van der Waals surface area (Å²) in [4.78, 5) is 25.6. The highest BCUT2D eigenvalue weighted by atomic mass is 79.9. The summed E-state index contributed by atoms with van der Waals surface area (Å²) in [6, 6.07) is 4.47. The molecule has 0 saturated heterocycles. The maximum absolute atomic E-state index is 11.8. The lowest BCUT2D eigenvalue weighted by Crippen LogP contribution is -2.02. The molecule has 0 saturated carbocycles. The molecule has 0 unspecified atom stereocenters. The highest BCUT2D eigenvalue weighted by molar-refractivity contribution is 9.10. The van der Waals surface area contributed by atoms with Crippen LogP contribution in [-0.2, 0) is 0 Å². The van der Waals surface area contributed by atoms with Crippen LogP contribution in [0.3, 0.4) is 0 Å². The highest BCUT2D eigenvalue weighted by Gasteiger charge is 2.09. The smallest absolute Gasteiger partial charge is 0.291 e. The largest absolute Gasteiger partial charge is 0.502 e. The Morgan fingerprint density at radius 2 is 2.00 bits per heavy atom. The van der Waals surface area contributed by atoms with Crippen molar-refractivity contribution in [3.8, 4) is 5.75 Å². The molecule has 1 aromatic heterocycles. The second kappa shape index (κ2) is 3.92. The average Bonchev–Trinajstić information content (AvgIpc) is 2.32. The monoisotopic (exact) mass is 301 g/mol. The van der Waals surface area contributed by atoms with E-state index in [1.165, 1.54) is 18.2 Å². The second-order valence-corrected chi connectivity index (χ2v) is 4.37. The summed E-state index contributed by atoms with van der Waals surface area (Å²) in [5.74, 6) is -0.641. The van der Waals surface area contributed by atoms with Crippen molar-refractivity contribution in [1.82, 2.24) is 4.98 Å². The van der Waals surface area contributed by atoms with Crippen molar-refractivity contribution in [2.75, 3.05) is 0 Å². The number of hydrogen-bond acceptors (Lipinski definition) is 3. The number of hydrogen-bond donors (Lipinski definition) is 2. The quantitative estimate of drug-likeness (QED) is 0.782. The zero-order valence-corrected chi connectivity index (χ0v) is 10.1. The fourth-order valence-corrected chi connectivity index (χ4v) is 1.89. The highest BCUT2D eigenvalue weighted by Crippen LogP contribution is 2.18. The minimum Gasteiger partial charge on any atom is -0.502 e. The Kier molecular flexibility index (Phi) is 2.73. The fraction of sp³-hybridized carbons (Fsp3) is 0. The molecule has 0 aliphatic carbocycles. The van der Waals surface area contributed by atoms with E-state index in [1.807, 2.05) is 0 Å². The van der Waals surface area contributed by atoms with Crippen LogP contribution in [0.1, 0.15) is 0 Å². The molecule has 0 spiro atoms. The van der Waals surface area contributed by atoms with Crippen molar-refractivity contribution in [2.45, 2.75) is 0 Å². The van der Waals surface area contributed by atoms with E-state index >= 15 is 0 Å². The van der Waals surface area contributed by atoms with E-state index in [9.17, 15) is 14.7 Å². The molecule has 0 atom stereocenters. The molecule has 0 aliphatic rings. The molecule has 0 radical (unpaired) electrons. The number of rotatable bonds is 0. The predicted molar refractivity (Wildman–Crippen MR) is 65.2 cm³/mol. The number of halogens is 2. The van der Waals surface area contributed by atoms with E-state index < -0.39 is 16.7 Å². The third-order valence-electron chi connectivity index (χ3n) is 2.10. The topological polar surface area (TPSA) is 70.2 Å². The van der Waals surface area contributed by atoms with Crippen LogP contribution in [0.4, 0.5) is 0 Å². The fourth-order valence-electron chi connectivity index (χ4n) is 1.32. The molecule has 6 heteroatoms. The summed E-state index contributed by atoms with van der Waals surface area (Å²) >= 11 is 8.63. The van der Waals surface area contributed by atoms with Crippen LogP contribution in [0, 0.1) is 0 Å². The molecule has 0 bridgehead atoms. The number of aromatic amines is 1. The summed E-state index contributed by atoms with van der Waals surface area (Å²) in [5.41, 5.74) is -0.938. The van der Waals surface area contributed by atoms with Crippen molar-refractivity contribution < 1.29 is 5.11 Å². The Morgan fingerprint density at radius 1 is 1.31 bits per heavy atom. The second-order valence-electron chi connectivity index (χ2n) is 3.14. The van der Waals surface area contributed by atoms with Gasteiger partial charge in [0.1, 0.15) is 4.47 Å². The Balaban J connectivity index is 3.16. The van der Waals surface area contributed by atoms with E-state index in [1.54, 1.807) is 0 Å². The first-order chi connectivity index (χ1) is 7.50.